The van der Waals surface area contributed by atoms with E-state index in [0.717, 1.165) is 29.7 Å². The van der Waals surface area contributed by atoms with Gasteiger partial charge in [-0.05, 0) is 54.3 Å². The summed E-state index contributed by atoms with van der Waals surface area (Å²) in [5.41, 5.74) is 9.03. The van der Waals surface area contributed by atoms with Crippen molar-refractivity contribution in [2.75, 3.05) is 7.11 Å². The molecule has 1 atom stereocenters. The van der Waals surface area contributed by atoms with Crippen molar-refractivity contribution in [2.45, 2.75) is 25.4 Å². The van der Waals surface area contributed by atoms with Crippen LogP contribution in [-0.2, 0) is 13.0 Å². The molecule has 152 valence electrons. The van der Waals surface area contributed by atoms with Gasteiger partial charge in [0.2, 0.25) is 0 Å². The van der Waals surface area contributed by atoms with E-state index in [0.29, 0.717) is 11.1 Å². The van der Waals surface area contributed by atoms with Crippen LogP contribution >= 0.6 is 0 Å². The fourth-order valence-corrected chi connectivity index (χ4v) is 3.97. The summed E-state index contributed by atoms with van der Waals surface area (Å²) in [6, 6.07) is 12.8. The van der Waals surface area contributed by atoms with E-state index >= 15 is 0 Å². The molecule has 4 rings (SSSR count). The van der Waals surface area contributed by atoms with E-state index in [9.17, 15) is 9.59 Å². The average molecular weight is 402 g/mol. The minimum Gasteiger partial charge on any atom is -0.497 e. The van der Waals surface area contributed by atoms with Crippen LogP contribution in [0.15, 0.2) is 61.1 Å². The number of aromatic nitrogens is 2. The predicted molar refractivity (Wildman–Crippen MR) is 111 cm³/mol. The van der Waals surface area contributed by atoms with Gasteiger partial charge in [-0.2, -0.15) is 0 Å². The molecular weight excluding hydrogens is 380 g/mol. The highest BCUT2D eigenvalue weighted by molar-refractivity contribution is 5.95. The number of hydrogen-bond donors (Lipinski definition) is 1. The molecular formula is C23H22N4O3. The van der Waals surface area contributed by atoms with Crippen LogP contribution in [0.25, 0.3) is 0 Å². The molecule has 30 heavy (non-hydrogen) atoms. The van der Waals surface area contributed by atoms with Gasteiger partial charge in [-0.25, -0.2) is 0 Å². The Balaban J connectivity index is 1.75. The number of nitrogens with zero attached hydrogens (tertiary/aromatic N) is 3. The zero-order chi connectivity index (χ0) is 21.1. The van der Waals surface area contributed by atoms with E-state index in [4.69, 9.17) is 10.5 Å². The summed E-state index contributed by atoms with van der Waals surface area (Å²) in [6.07, 6.45) is 6.32. The lowest BCUT2D eigenvalue weighted by Crippen LogP contribution is -2.34. The highest BCUT2D eigenvalue weighted by Crippen LogP contribution is 2.39. The molecule has 0 spiro atoms. The molecule has 0 bridgehead atoms. The van der Waals surface area contributed by atoms with Gasteiger partial charge in [-0.1, -0.05) is 12.1 Å². The number of primary amides is 1. The van der Waals surface area contributed by atoms with Crippen molar-refractivity contribution in [3.63, 3.8) is 0 Å². The zero-order valence-corrected chi connectivity index (χ0v) is 16.6. The third-order valence-corrected chi connectivity index (χ3v) is 5.41. The maximum absolute atomic E-state index is 13.5. The van der Waals surface area contributed by atoms with E-state index in [1.807, 2.05) is 18.2 Å². The minimum absolute atomic E-state index is 0.139. The Hall–Kier alpha value is -3.74. The van der Waals surface area contributed by atoms with Crippen LogP contribution in [-0.4, -0.2) is 33.8 Å². The Labute approximate surface area is 174 Å². The van der Waals surface area contributed by atoms with Crippen molar-refractivity contribution in [3.05, 3.63) is 89.0 Å². The molecule has 2 amide bonds. The predicted octanol–water partition coefficient (Wildman–Crippen LogP) is 2.91. The van der Waals surface area contributed by atoms with Crippen molar-refractivity contribution in [1.82, 2.24) is 14.9 Å². The average Bonchev–Trinajstić information content (AvgIpc) is 3.20. The maximum atomic E-state index is 13.5. The molecule has 0 radical (unpaired) electrons. The van der Waals surface area contributed by atoms with Gasteiger partial charge in [0.1, 0.15) is 11.4 Å². The Kier molecular flexibility index (Phi) is 5.43. The summed E-state index contributed by atoms with van der Waals surface area (Å²) in [5, 5.41) is 0. The van der Waals surface area contributed by atoms with Crippen LogP contribution in [0.2, 0.25) is 0 Å². The molecule has 2 N–H and O–H groups in total. The van der Waals surface area contributed by atoms with Gasteiger partial charge < -0.3 is 15.4 Å². The summed E-state index contributed by atoms with van der Waals surface area (Å²) in [7, 11) is 1.64. The van der Waals surface area contributed by atoms with Gasteiger partial charge in [0.25, 0.3) is 11.8 Å². The maximum Gasteiger partial charge on any atom is 0.267 e. The molecule has 3 aromatic rings. The van der Waals surface area contributed by atoms with Crippen LogP contribution in [0.3, 0.4) is 0 Å². The number of pyridine rings is 2. The molecule has 2 heterocycles. The number of methoxy groups -OCH3 is 1. The first-order valence-electron chi connectivity index (χ1n) is 9.70. The van der Waals surface area contributed by atoms with Crippen molar-refractivity contribution in [3.8, 4) is 5.75 Å². The topological polar surface area (TPSA) is 98.4 Å². The number of rotatable bonds is 6. The van der Waals surface area contributed by atoms with Crippen LogP contribution < -0.4 is 10.5 Å². The molecule has 0 saturated heterocycles. The van der Waals surface area contributed by atoms with E-state index < -0.39 is 5.91 Å². The minimum atomic E-state index is -0.615. The summed E-state index contributed by atoms with van der Waals surface area (Å²) in [5.74, 6) is 0.0230. The number of benzene rings is 1. The lowest BCUT2D eigenvalue weighted by Gasteiger charge is -2.30. The van der Waals surface area contributed by atoms with E-state index in [1.54, 1.807) is 48.7 Å². The summed E-state index contributed by atoms with van der Waals surface area (Å²) in [4.78, 5) is 35.3. The van der Waals surface area contributed by atoms with E-state index in [1.165, 1.54) is 6.20 Å². The SMILES string of the molecule is COc1ccc2c(c1)CC[C@H]2N(Cc1cccnc1C(N)=O)C(=O)c1cccnc1. The summed E-state index contributed by atoms with van der Waals surface area (Å²) in [6.45, 7) is 0.218. The number of ether oxygens (including phenoxy) is 1. The lowest BCUT2D eigenvalue weighted by molar-refractivity contribution is 0.0655. The standard InChI is InChI=1S/C23H22N4O3/c1-30-18-7-8-19-15(12-18)6-9-20(19)27(23(29)16-4-2-10-25-13-16)14-17-5-3-11-26-21(17)22(24)28/h2-5,7-8,10-13,20H,6,9,14H2,1H3,(H2,24,28)/t20-/m1/s1. The second-order valence-corrected chi connectivity index (χ2v) is 7.17. The van der Waals surface area contributed by atoms with Gasteiger partial charge in [0.15, 0.2) is 0 Å². The molecule has 0 aliphatic heterocycles. The Bertz CT molecular complexity index is 1080. The van der Waals surface area contributed by atoms with Gasteiger partial charge in [0.05, 0.1) is 18.7 Å². The van der Waals surface area contributed by atoms with Crippen molar-refractivity contribution in [2.24, 2.45) is 5.73 Å². The number of carbonyl (C=O) groups is 2. The Morgan fingerprint density at radius 2 is 2.03 bits per heavy atom. The van der Waals surface area contributed by atoms with Gasteiger partial charge >= 0.3 is 0 Å². The lowest BCUT2D eigenvalue weighted by atomic mass is 10.0. The number of carbonyl (C=O) groups excluding carboxylic acids is 2. The zero-order valence-electron chi connectivity index (χ0n) is 16.6. The second-order valence-electron chi connectivity index (χ2n) is 7.17. The van der Waals surface area contributed by atoms with Gasteiger partial charge in [0, 0.05) is 30.7 Å². The number of amides is 2. The van der Waals surface area contributed by atoms with Crippen LogP contribution in [0.4, 0.5) is 0 Å². The van der Waals surface area contributed by atoms with Crippen molar-refractivity contribution >= 4 is 11.8 Å². The molecule has 1 aliphatic rings. The monoisotopic (exact) mass is 402 g/mol. The number of nitrogens with two attached hydrogens (primary N) is 1. The Morgan fingerprint density at radius 3 is 2.77 bits per heavy atom. The highest BCUT2D eigenvalue weighted by atomic mass is 16.5. The van der Waals surface area contributed by atoms with Crippen LogP contribution in [0, 0.1) is 0 Å². The van der Waals surface area contributed by atoms with E-state index in [2.05, 4.69) is 9.97 Å². The first-order valence-corrected chi connectivity index (χ1v) is 9.70. The smallest absolute Gasteiger partial charge is 0.267 e. The first kappa shape index (κ1) is 19.6. The van der Waals surface area contributed by atoms with Gasteiger partial charge in [-0.15, -0.1) is 0 Å². The number of fused-ring (bicyclic) bond motifs is 1. The van der Waals surface area contributed by atoms with Crippen LogP contribution in [0.1, 0.15) is 50.0 Å². The fourth-order valence-electron chi connectivity index (χ4n) is 3.97. The molecule has 0 unspecified atom stereocenters. The molecule has 0 saturated carbocycles. The second kappa shape index (κ2) is 8.32. The Morgan fingerprint density at radius 1 is 1.20 bits per heavy atom. The molecule has 7 nitrogen and oxygen atoms in total. The molecule has 2 aromatic heterocycles. The highest BCUT2D eigenvalue weighted by Gasteiger charge is 2.32. The first-order chi connectivity index (χ1) is 14.6. The van der Waals surface area contributed by atoms with Gasteiger partial charge in [-0.3, -0.25) is 19.6 Å². The van der Waals surface area contributed by atoms with Crippen LogP contribution in [0.5, 0.6) is 5.75 Å². The molecule has 0 fully saturated rings. The van der Waals surface area contributed by atoms with Crippen molar-refractivity contribution < 1.29 is 14.3 Å². The third-order valence-electron chi connectivity index (χ3n) is 5.41. The molecule has 1 aromatic carbocycles. The van der Waals surface area contributed by atoms with E-state index in [-0.39, 0.29) is 24.2 Å². The molecule has 7 heteroatoms. The fraction of sp³-hybridized carbons (Fsp3) is 0.217. The third kappa shape index (κ3) is 3.74. The normalized spacial score (nSPS) is 14.8. The molecule has 1 aliphatic carbocycles. The number of hydrogen-bond acceptors (Lipinski definition) is 5. The largest absolute Gasteiger partial charge is 0.497 e. The summed E-state index contributed by atoms with van der Waals surface area (Å²) >= 11 is 0. The van der Waals surface area contributed by atoms with Crippen molar-refractivity contribution in [1.29, 1.82) is 0 Å². The quantitative estimate of drug-likeness (QED) is 0.684. The number of aryl methyl sites for hydroxylation is 1. The summed E-state index contributed by atoms with van der Waals surface area (Å²) < 4.78 is 5.34.